The summed E-state index contributed by atoms with van der Waals surface area (Å²) in [6.07, 6.45) is 0. The summed E-state index contributed by atoms with van der Waals surface area (Å²) in [5.74, 6) is 0.540. The quantitative estimate of drug-likeness (QED) is 0.712. The van der Waals surface area contributed by atoms with Gasteiger partial charge in [-0.2, -0.15) is 4.98 Å². The van der Waals surface area contributed by atoms with Crippen molar-refractivity contribution < 1.29 is 14.1 Å². The van der Waals surface area contributed by atoms with Crippen LogP contribution in [-0.4, -0.2) is 39.4 Å². The van der Waals surface area contributed by atoms with Crippen molar-refractivity contribution in [2.24, 2.45) is 0 Å². The lowest BCUT2D eigenvalue weighted by molar-refractivity contribution is -0.145. The van der Waals surface area contributed by atoms with Crippen LogP contribution in [0, 0.1) is 6.92 Å². The normalized spacial score (nSPS) is 21.1. The molecule has 1 unspecified atom stereocenters. The van der Waals surface area contributed by atoms with E-state index in [4.69, 9.17) is 4.52 Å². The fraction of sp³-hybridized carbons (Fsp3) is 0.556. The molecule has 2 rings (SSSR count). The van der Waals surface area contributed by atoms with Gasteiger partial charge in [-0.05, 0) is 6.92 Å². The summed E-state index contributed by atoms with van der Waals surface area (Å²) in [4.78, 5) is 28.4. The molecule has 7 nitrogen and oxygen atoms in total. The van der Waals surface area contributed by atoms with Crippen LogP contribution in [0.3, 0.4) is 0 Å². The summed E-state index contributed by atoms with van der Waals surface area (Å²) in [6.45, 7) is 3.56. The van der Waals surface area contributed by atoms with E-state index >= 15 is 0 Å². The van der Waals surface area contributed by atoms with Crippen LogP contribution < -0.4 is 5.32 Å². The Bertz CT molecular complexity index is 428. The largest absolute Gasteiger partial charge is 0.345 e. The highest BCUT2D eigenvalue weighted by Gasteiger charge is 2.31. The van der Waals surface area contributed by atoms with Gasteiger partial charge in [0.1, 0.15) is 6.04 Å². The van der Waals surface area contributed by atoms with Gasteiger partial charge in [-0.25, -0.2) is 0 Å². The molecule has 1 aromatic rings. The van der Waals surface area contributed by atoms with Crippen LogP contribution in [0.5, 0.6) is 0 Å². The summed E-state index contributed by atoms with van der Waals surface area (Å²) in [6, 6.07) is -0.500. The predicted molar refractivity (Wildman–Crippen MR) is 52.1 cm³/mol. The van der Waals surface area contributed by atoms with Gasteiger partial charge in [0.15, 0.2) is 5.82 Å². The van der Waals surface area contributed by atoms with Gasteiger partial charge in [0.2, 0.25) is 17.7 Å². The first-order valence-electron chi connectivity index (χ1n) is 4.94. The first-order valence-corrected chi connectivity index (χ1v) is 4.94. The fourth-order valence-electron chi connectivity index (χ4n) is 1.55. The second-order valence-corrected chi connectivity index (χ2v) is 3.65. The summed E-state index contributed by atoms with van der Waals surface area (Å²) in [5.41, 5.74) is 0. The van der Waals surface area contributed by atoms with Crippen molar-refractivity contribution in [3.8, 4) is 0 Å². The van der Waals surface area contributed by atoms with Crippen LogP contribution >= 0.6 is 0 Å². The number of aromatic nitrogens is 2. The standard InChI is InChI=1S/C9H12N4O3/c1-5-9(15)10-3-8(14)13(5)4-7-11-6(2)16-12-7/h5H,3-4H2,1-2H3,(H,10,15). The molecular formula is C9H12N4O3. The van der Waals surface area contributed by atoms with Crippen molar-refractivity contribution in [1.82, 2.24) is 20.4 Å². The first-order chi connectivity index (χ1) is 7.58. The predicted octanol–water partition coefficient (Wildman–Crippen LogP) is -0.775. The molecule has 0 saturated carbocycles. The Morgan fingerprint density at radius 1 is 1.56 bits per heavy atom. The zero-order valence-corrected chi connectivity index (χ0v) is 9.06. The SMILES string of the molecule is Cc1nc(CN2C(=O)CNC(=O)C2C)no1. The minimum absolute atomic E-state index is 0.0278. The Morgan fingerprint density at radius 3 is 2.94 bits per heavy atom. The number of nitrogens with one attached hydrogen (secondary N) is 1. The van der Waals surface area contributed by atoms with Crippen LogP contribution in [0.1, 0.15) is 18.6 Å². The fourth-order valence-corrected chi connectivity index (χ4v) is 1.55. The van der Waals surface area contributed by atoms with Gasteiger partial charge < -0.3 is 14.7 Å². The lowest BCUT2D eigenvalue weighted by atomic mass is 10.2. The Morgan fingerprint density at radius 2 is 2.31 bits per heavy atom. The van der Waals surface area contributed by atoms with E-state index < -0.39 is 6.04 Å². The highest BCUT2D eigenvalue weighted by Crippen LogP contribution is 2.09. The highest BCUT2D eigenvalue weighted by atomic mass is 16.5. The lowest BCUT2D eigenvalue weighted by Gasteiger charge is -2.31. The van der Waals surface area contributed by atoms with E-state index in [2.05, 4.69) is 15.5 Å². The van der Waals surface area contributed by atoms with Gasteiger partial charge in [0, 0.05) is 6.92 Å². The maximum absolute atomic E-state index is 11.6. The van der Waals surface area contributed by atoms with Crippen LogP contribution in [0.15, 0.2) is 4.52 Å². The maximum Gasteiger partial charge on any atom is 0.243 e. The number of aryl methyl sites for hydroxylation is 1. The number of piperazine rings is 1. The molecule has 1 aliphatic rings. The van der Waals surface area contributed by atoms with Crippen LogP contribution in [0.4, 0.5) is 0 Å². The zero-order valence-electron chi connectivity index (χ0n) is 9.06. The highest BCUT2D eigenvalue weighted by molar-refractivity contribution is 5.94. The zero-order chi connectivity index (χ0) is 11.7. The number of amides is 2. The van der Waals surface area contributed by atoms with Gasteiger partial charge in [0.25, 0.3) is 0 Å². The number of carbonyl (C=O) groups excluding carboxylic acids is 2. The van der Waals surface area contributed by atoms with Crippen LogP contribution in [0.25, 0.3) is 0 Å². The summed E-state index contributed by atoms with van der Waals surface area (Å²) in [7, 11) is 0. The van der Waals surface area contributed by atoms with E-state index in [1.165, 1.54) is 4.90 Å². The molecule has 1 saturated heterocycles. The Labute approximate surface area is 91.8 Å². The lowest BCUT2D eigenvalue weighted by Crippen LogP contribution is -2.56. The Hall–Kier alpha value is -1.92. The van der Waals surface area contributed by atoms with Crippen molar-refractivity contribution in [2.75, 3.05) is 6.54 Å². The smallest absolute Gasteiger partial charge is 0.243 e. The maximum atomic E-state index is 11.6. The average molecular weight is 224 g/mol. The molecule has 86 valence electrons. The first kappa shape index (κ1) is 10.6. The molecule has 1 aromatic heterocycles. The Balaban J connectivity index is 2.12. The summed E-state index contributed by atoms with van der Waals surface area (Å²) >= 11 is 0. The number of hydrogen-bond donors (Lipinski definition) is 1. The molecule has 1 N–H and O–H groups in total. The molecule has 2 amide bonds. The molecule has 1 fully saturated rings. The minimum Gasteiger partial charge on any atom is -0.345 e. The van der Waals surface area contributed by atoms with Crippen molar-refractivity contribution in [2.45, 2.75) is 26.4 Å². The van der Waals surface area contributed by atoms with E-state index in [1.54, 1.807) is 13.8 Å². The molecule has 1 atom stereocenters. The molecule has 2 heterocycles. The molecule has 7 heteroatoms. The van der Waals surface area contributed by atoms with E-state index in [-0.39, 0.29) is 24.9 Å². The topological polar surface area (TPSA) is 88.3 Å². The molecule has 0 aromatic carbocycles. The van der Waals surface area contributed by atoms with E-state index in [0.717, 1.165) is 0 Å². The van der Waals surface area contributed by atoms with Gasteiger partial charge in [-0.15, -0.1) is 0 Å². The van der Waals surface area contributed by atoms with E-state index in [0.29, 0.717) is 11.7 Å². The molecule has 0 spiro atoms. The summed E-state index contributed by atoms with van der Waals surface area (Å²) in [5, 5.41) is 6.20. The minimum atomic E-state index is -0.500. The van der Waals surface area contributed by atoms with Crippen molar-refractivity contribution in [3.63, 3.8) is 0 Å². The average Bonchev–Trinajstić information content (AvgIpc) is 2.65. The van der Waals surface area contributed by atoms with E-state index in [9.17, 15) is 9.59 Å². The van der Waals surface area contributed by atoms with Crippen molar-refractivity contribution in [3.05, 3.63) is 11.7 Å². The second-order valence-electron chi connectivity index (χ2n) is 3.65. The molecular weight excluding hydrogens is 212 g/mol. The molecule has 0 radical (unpaired) electrons. The van der Waals surface area contributed by atoms with Crippen LogP contribution in [0.2, 0.25) is 0 Å². The Kier molecular flexibility index (Phi) is 2.59. The van der Waals surface area contributed by atoms with Gasteiger partial charge >= 0.3 is 0 Å². The second kappa shape index (κ2) is 3.92. The third kappa shape index (κ3) is 1.88. The van der Waals surface area contributed by atoms with Gasteiger partial charge in [0.05, 0.1) is 13.1 Å². The summed E-state index contributed by atoms with van der Waals surface area (Å²) < 4.78 is 4.80. The molecule has 0 aliphatic carbocycles. The monoisotopic (exact) mass is 224 g/mol. The molecule has 16 heavy (non-hydrogen) atoms. The molecule has 1 aliphatic heterocycles. The van der Waals surface area contributed by atoms with Crippen molar-refractivity contribution in [1.29, 1.82) is 0 Å². The van der Waals surface area contributed by atoms with Crippen LogP contribution in [-0.2, 0) is 16.1 Å². The number of hydrogen-bond acceptors (Lipinski definition) is 5. The van der Waals surface area contributed by atoms with E-state index in [1.807, 2.05) is 0 Å². The van der Waals surface area contributed by atoms with Gasteiger partial charge in [-0.3, -0.25) is 9.59 Å². The third-order valence-corrected chi connectivity index (χ3v) is 2.46. The third-order valence-electron chi connectivity index (χ3n) is 2.46. The number of carbonyl (C=O) groups is 2. The van der Waals surface area contributed by atoms with Gasteiger partial charge in [-0.1, -0.05) is 5.16 Å². The van der Waals surface area contributed by atoms with Crippen molar-refractivity contribution >= 4 is 11.8 Å². The number of rotatable bonds is 2. The molecule has 0 bridgehead atoms. The number of nitrogens with zero attached hydrogens (tertiary/aromatic N) is 3.